The summed E-state index contributed by atoms with van der Waals surface area (Å²) in [6.07, 6.45) is -4.31. The Labute approximate surface area is 117 Å². The Morgan fingerprint density at radius 1 is 1.15 bits per heavy atom. The number of likely N-dealkylation sites (N-methyl/N-ethyl adjacent to an activating group) is 1. The molecular weight excluding hydrogens is 269 g/mol. The number of alkyl halides is 3. The van der Waals surface area contributed by atoms with Crippen molar-refractivity contribution in [3.63, 3.8) is 0 Å². The fourth-order valence-corrected chi connectivity index (χ4v) is 1.69. The monoisotopic (exact) mass is 290 g/mol. The normalized spacial score (nSPS) is 13.7. The summed E-state index contributed by atoms with van der Waals surface area (Å²) in [5.74, 6) is 0. The second kappa shape index (κ2) is 8.24. The molecule has 0 aliphatic heterocycles. The minimum absolute atomic E-state index is 0.159. The molecule has 3 nitrogen and oxygen atoms in total. The van der Waals surface area contributed by atoms with Crippen LogP contribution in [0.5, 0.6) is 0 Å². The maximum Gasteiger partial charge on any atom is 0.407 e. The van der Waals surface area contributed by atoms with Crippen molar-refractivity contribution in [3.05, 3.63) is 35.9 Å². The molecule has 0 radical (unpaired) electrons. The predicted molar refractivity (Wildman–Crippen MR) is 72.6 cm³/mol. The summed E-state index contributed by atoms with van der Waals surface area (Å²) in [5, 5.41) is 2.50. The zero-order valence-electron chi connectivity index (χ0n) is 11.8. The van der Waals surface area contributed by atoms with Gasteiger partial charge in [0.05, 0.1) is 13.2 Å². The molecule has 0 spiro atoms. The van der Waals surface area contributed by atoms with Crippen LogP contribution in [0.25, 0.3) is 0 Å². The topological polar surface area (TPSA) is 24.5 Å². The van der Waals surface area contributed by atoms with Crippen LogP contribution in [0.4, 0.5) is 13.2 Å². The van der Waals surface area contributed by atoms with E-state index in [2.05, 4.69) is 5.32 Å². The van der Waals surface area contributed by atoms with E-state index in [0.717, 1.165) is 6.54 Å². The van der Waals surface area contributed by atoms with E-state index in [9.17, 15) is 13.2 Å². The third-order valence-electron chi connectivity index (χ3n) is 2.74. The largest absolute Gasteiger partial charge is 0.407 e. The SMILES string of the molecule is CN(C)CCOCCNC(c1ccccc1)C(F)(F)F. The second-order valence-electron chi connectivity index (χ2n) is 4.76. The first-order valence-electron chi connectivity index (χ1n) is 6.49. The Morgan fingerprint density at radius 3 is 2.35 bits per heavy atom. The quantitative estimate of drug-likeness (QED) is 0.744. The van der Waals surface area contributed by atoms with Crippen molar-refractivity contribution < 1.29 is 17.9 Å². The highest BCUT2D eigenvalue weighted by Gasteiger charge is 2.40. The summed E-state index contributed by atoms with van der Waals surface area (Å²) in [4.78, 5) is 1.95. The van der Waals surface area contributed by atoms with E-state index in [1.54, 1.807) is 18.2 Å². The molecule has 1 unspecified atom stereocenters. The first-order valence-corrected chi connectivity index (χ1v) is 6.49. The molecule has 0 saturated carbocycles. The van der Waals surface area contributed by atoms with Crippen LogP contribution >= 0.6 is 0 Å². The Morgan fingerprint density at radius 2 is 1.80 bits per heavy atom. The molecule has 0 heterocycles. The van der Waals surface area contributed by atoms with Crippen LogP contribution in [0, 0.1) is 0 Å². The van der Waals surface area contributed by atoms with Crippen molar-refractivity contribution in [1.82, 2.24) is 10.2 Å². The Kier molecular flexibility index (Phi) is 6.98. The third kappa shape index (κ3) is 6.36. The summed E-state index contributed by atoms with van der Waals surface area (Å²) in [6, 6.07) is 6.19. The zero-order chi connectivity index (χ0) is 15.0. The highest BCUT2D eigenvalue weighted by Crippen LogP contribution is 2.32. The van der Waals surface area contributed by atoms with Gasteiger partial charge >= 0.3 is 6.18 Å². The van der Waals surface area contributed by atoms with Crippen molar-refractivity contribution in [1.29, 1.82) is 0 Å². The summed E-state index contributed by atoms with van der Waals surface area (Å²) >= 11 is 0. The van der Waals surface area contributed by atoms with Crippen molar-refractivity contribution in [2.75, 3.05) is 40.4 Å². The van der Waals surface area contributed by atoms with Crippen molar-refractivity contribution in [3.8, 4) is 0 Å². The molecule has 1 rings (SSSR count). The number of hydrogen-bond acceptors (Lipinski definition) is 3. The Hall–Kier alpha value is -1.11. The highest BCUT2D eigenvalue weighted by atomic mass is 19.4. The zero-order valence-corrected chi connectivity index (χ0v) is 11.8. The second-order valence-corrected chi connectivity index (χ2v) is 4.76. The lowest BCUT2D eigenvalue weighted by atomic mass is 10.1. The molecule has 0 aromatic heterocycles. The van der Waals surface area contributed by atoms with Gasteiger partial charge in [-0.3, -0.25) is 0 Å². The van der Waals surface area contributed by atoms with Crippen LogP contribution in [0.2, 0.25) is 0 Å². The Bertz CT molecular complexity index is 368. The van der Waals surface area contributed by atoms with E-state index < -0.39 is 12.2 Å². The van der Waals surface area contributed by atoms with Crippen LogP contribution in [-0.2, 0) is 4.74 Å². The van der Waals surface area contributed by atoms with Gasteiger partial charge in [-0.1, -0.05) is 30.3 Å². The van der Waals surface area contributed by atoms with E-state index in [4.69, 9.17) is 4.74 Å². The fraction of sp³-hybridized carbons (Fsp3) is 0.571. The molecule has 20 heavy (non-hydrogen) atoms. The Balaban J connectivity index is 2.40. The van der Waals surface area contributed by atoms with E-state index in [0.29, 0.717) is 6.61 Å². The summed E-state index contributed by atoms with van der Waals surface area (Å²) in [6.45, 7) is 1.68. The number of halogens is 3. The summed E-state index contributed by atoms with van der Waals surface area (Å²) in [5.41, 5.74) is 0.216. The maximum atomic E-state index is 13.0. The molecule has 1 aromatic carbocycles. The van der Waals surface area contributed by atoms with Crippen molar-refractivity contribution in [2.45, 2.75) is 12.2 Å². The lowest BCUT2D eigenvalue weighted by Crippen LogP contribution is -2.36. The first-order chi connectivity index (χ1) is 9.41. The summed E-state index contributed by atoms with van der Waals surface area (Å²) in [7, 11) is 3.83. The molecule has 1 aromatic rings. The number of hydrogen-bond donors (Lipinski definition) is 1. The van der Waals surface area contributed by atoms with Gasteiger partial charge in [-0.15, -0.1) is 0 Å². The van der Waals surface area contributed by atoms with Crippen LogP contribution in [0.3, 0.4) is 0 Å². The molecule has 0 amide bonds. The number of ether oxygens (including phenoxy) is 1. The van der Waals surface area contributed by atoms with Gasteiger partial charge in [-0.05, 0) is 19.7 Å². The molecule has 0 aliphatic rings. The number of rotatable bonds is 8. The number of benzene rings is 1. The van der Waals surface area contributed by atoms with Gasteiger partial charge in [0.15, 0.2) is 0 Å². The lowest BCUT2D eigenvalue weighted by Gasteiger charge is -2.22. The molecule has 0 aliphatic carbocycles. The van der Waals surface area contributed by atoms with Crippen LogP contribution in [-0.4, -0.2) is 51.5 Å². The van der Waals surface area contributed by atoms with Gasteiger partial charge in [0.1, 0.15) is 6.04 Å². The third-order valence-corrected chi connectivity index (χ3v) is 2.74. The van der Waals surface area contributed by atoms with E-state index in [-0.39, 0.29) is 18.7 Å². The average molecular weight is 290 g/mol. The van der Waals surface area contributed by atoms with Gasteiger partial charge in [0.2, 0.25) is 0 Å². The predicted octanol–water partition coefficient (Wildman–Crippen LogP) is 2.46. The van der Waals surface area contributed by atoms with Gasteiger partial charge in [-0.2, -0.15) is 13.2 Å². The minimum Gasteiger partial charge on any atom is -0.379 e. The molecule has 0 saturated heterocycles. The molecule has 0 fully saturated rings. The van der Waals surface area contributed by atoms with E-state index >= 15 is 0 Å². The maximum absolute atomic E-state index is 13.0. The first kappa shape index (κ1) is 16.9. The van der Waals surface area contributed by atoms with Gasteiger partial charge < -0.3 is 15.0 Å². The van der Waals surface area contributed by atoms with E-state index in [1.807, 2.05) is 19.0 Å². The van der Waals surface area contributed by atoms with Gasteiger partial charge in [-0.25, -0.2) is 0 Å². The highest BCUT2D eigenvalue weighted by molar-refractivity contribution is 5.20. The number of nitrogens with one attached hydrogen (secondary N) is 1. The lowest BCUT2D eigenvalue weighted by molar-refractivity contribution is -0.158. The summed E-state index contributed by atoms with van der Waals surface area (Å²) < 4.78 is 44.2. The molecular formula is C14H21F3N2O. The van der Waals surface area contributed by atoms with Crippen molar-refractivity contribution >= 4 is 0 Å². The number of nitrogens with zero attached hydrogens (tertiary/aromatic N) is 1. The van der Waals surface area contributed by atoms with Crippen molar-refractivity contribution in [2.24, 2.45) is 0 Å². The molecule has 1 N–H and O–H groups in total. The molecule has 114 valence electrons. The van der Waals surface area contributed by atoms with Crippen LogP contribution < -0.4 is 5.32 Å². The van der Waals surface area contributed by atoms with Crippen LogP contribution in [0.1, 0.15) is 11.6 Å². The smallest absolute Gasteiger partial charge is 0.379 e. The van der Waals surface area contributed by atoms with Gasteiger partial charge in [0.25, 0.3) is 0 Å². The average Bonchev–Trinajstić information content (AvgIpc) is 2.37. The molecule has 6 heteroatoms. The standard InChI is InChI=1S/C14H21F3N2O/c1-19(2)9-11-20-10-8-18-13(14(15,16)17)12-6-4-3-5-7-12/h3-7,13,18H,8-11H2,1-2H3. The van der Waals surface area contributed by atoms with E-state index in [1.165, 1.54) is 12.1 Å². The molecule has 1 atom stereocenters. The van der Waals surface area contributed by atoms with Crippen LogP contribution in [0.15, 0.2) is 30.3 Å². The fourth-order valence-electron chi connectivity index (χ4n) is 1.69. The molecule has 0 bridgehead atoms. The minimum atomic E-state index is -4.31. The van der Waals surface area contributed by atoms with Gasteiger partial charge in [0, 0.05) is 13.1 Å².